The maximum Gasteiger partial charge on any atom is 0.272 e. The highest BCUT2D eigenvalue weighted by atomic mass is 19.1. The number of amides is 1. The van der Waals surface area contributed by atoms with Gasteiger partial charge >= 0.3 is 0 Å². The first-order chi connectivity index (χ1) is 14.8. The van der Waals surface area contributed by atoms with E-state index in [1.54, 1.807) is 12.1 Å². The van der Waals surface area contributed by atoms with E-state index in [4.69, 9.17) is 0 Å². The maximum atomic E-state index is 13.7. The average molecular weight is 434 g/mol. The van der Waals surface area contributed by atoms with Crippen molar-refractivity contribution in [1.29, 1.82) is 0 Å². The molecule has 1 saturated carbocycles. The Morgan fingerprint density at radius 2 is 1.94 bits per heavy atom. The topological polar surface area (TPSA) is 82.2 Å². The van der Waals surface area contributed by atoms with Gasteiger partial charge in [0.15, 0.2) is 0 Å². The van der Waals surface area contributed by atoms with E-state index >= 15 is 0 Å². The van der Waals surface area contributed by atoms with Crippen LogP contribution in [0, 0.1) is 12.9 Å². The van der Waals surface area contributed by atoms with Crippen LogP contribution < -0.4 is 16.2 Å². The number of halogens is 1. The zero-order valence-corrected chi connectivity index (χ0v) is 19.3. The largest absolute Gasteiger partial charge is 0.385 e. The second kappa shape index (κ2) is 11.7. The summed E-state index contributed by atoms with van der Waals surface area (Å²) in [5.41, 5.74) is 1.55. The Balaban J connectivity index is 0.000000316. The molecule has 0 aliphatic heterocycles. The molecule has 8 heteroatoms. The van der Waals surface area contributed by atoms with Crippen molar-refractivity contribution >= 4 is 11.6 Å². The molecule has 7 nitrogen and oxygen atoms in total. The van der Waals surface area contributed by atoms with Gasteiger partial charge in [-0.3, -0.25) is 19.4 Å². The molecular formula is C23H36FN5O2. The molecule has 0 radical (unpaired) electrons. The molecule has 2 aromatic rings. The number of hydrogen-bond acceptors (Lipinski definition) is 4. The van der Waals surface area contributed by atoms with Gasteiger partial charge in [-0.1, -0.05) is 25.3 Å². The maximum absolute atomic E-state index is 13.7. The Bertz CT molecular complexity index is 913. The number of carbonyl (C=O) groups is 1. The molecule has 172 valence electrons. The Morgan fingerprint density at radius 1 is 1.26 bits per heavy atom. The van der Waals surface area contributed by atoms with E-state index in [2.05, 4.69) is 34.7 Å². The number of aromatic amines is 1. The van der Waals surface area contributed by atoms with Crippen molar-refractivity contribution in [1.82, 2.24) is 20.0 Å². The number of nitrogens with zero attached hydrogens (tertiary/aromatic N) is 2. The Hall–Kier alpha value is -2.61. The Labute approximate surface area is 184 Å². The molecular weight excluding hydrogens is 397 g/mol. The number of benzene rings is 1. The van der Waals surface area contributed by atoms with Gasteiger partial charge in [0, 0.05) is 30.9 Å². The van der Waals surface area contributed by atoms with Gasteiger partial charge in [0.25, 0.3) is 11.5 Å². The fraction of sp³-hybridized carbons (Fsp3) is 0.565. The summed E-state index contributed by atoms with van der Waals surface area (Å²) in [6, 6.07) is 6.24. The van der Waals surface area contributed by atoms with Gasteiger partial charge < -0.3 is 15.5 Å². The van der Waals surface area contributed by atoms with Crippen molar-refractivity contribution in [2.24, 2.45) is 7.05 Å². The molecule has 0 atom stereocenters. The fourth-order valence-electron chi connectivity index (χ4n) is 3.84. The first-order valence-corrected chi connectivity index (χ1v) is 11.0. The molecule has 1 amide bonds. The Kier molecular flexibility index (Phi) is 9.30. The lowest BCUT2D eigenvalue weighted by atomic mass is 9.95. The SMILES string of the molecule is CCNc1cccc(C(=O)NCc2c(F)n(C)[nH]c2=O)c1C.CN(C)C1CCCCC1. The summed E-state index contributed by atoms with van der Waals surface area (Å²) in [6.07, 6.45) is 7.20. The minimum atomic E-state index is -0.677. The van der Waals surface area contributed by atoms with E-state index in [1.807, 2.05) is 19.9 Å². The summed E-state index contributed by atoms with van der Waals surface area (Å²) >= 11 is 0. The second-order valence-electron chi connectivity index (χ2n) is 8.22. The van der Waals surface area contributed by atoms with Crippen molar-refractivity contribution < 1.29 is 9.18 Å². The summed E-state index contributed by atoms with van der Waals surface area (Å²) in [6.45, 7) is 4.39. The number of anilines is 1. The zero-order valence-electron chi connectivity index (χ0n) is 19.3. The monoisotopic (exact) mass is 433 g/mol. The molecule has 0 bridgehead atoms. The third kappa shape index (κ3) is 6.69. The number of aromatic nitrogens is 2. The number of hydrogen-bond donors (Lipinski definition) is 3. The molecule has 0 spiro atoms. The van der Waals surface area contributed by atoms with Crippen molar-refractivity contribution in [3.8, 4) is 0 Å². The highest BCUT2D eigenvalue weighted by Crippen LogP contribution is 2.20. The molecule has 0 saturated heterocycles. The molecule has 3 rings (SSSR count). The van der Waals surface area contributed by atoms with Crippen molar-refractivity contribution in [2.45, 2.75) is 58.5 Å². The first-order valence-electron chi connectivity index (χ1n) is 11.0. The van der Waals surface area contributed by atoms with E-state index in [9.17, 15) is 14.0 Å². The summed E-state index contributed by atoms with van der Waals surface area (Å²) in [7, 11) is 5.78. The van der Waals surface area contributed by atoms with Crippen LogP contribution in [0.3, 0.4) is 0 Å². The lowest BCUT2D eigenvalue weighted by Crippen LogP contribution is -2.29. The fourth-order valence-corrected chi connectivity index (χ4v) is 3.84. The molecule has 1 aliphatic rings. The van der Waals surface area contributed by atoms with E-state index in [0.717, 1.165) is 28.5 Å². The van der Waals surface area contributed by atoms with Gasteiger partial charge in [0.1, 0.15) is 0 Å². The smallest absolute Gasteiger partial charge is 0.272 e. The average Bonchev–Trinajstić information content (AvgIpc) is 3.00. The van der Waals surface area contributed by atoms with E-state index in [-0.39, 0.29) is 18.0 Å². The third-order valence-corrected chi connectivity index (χ3v) is 5.76. The van der Waals surface area contributed by atoms with Crippen LogP contribution in [0.1, 0.15) is 60.5 Å². The Morgan fingerprint density at radius 3 is 2.45 bits per heavy atom. The van der Waals surface area contributed by atoms with E-state index in [1.165, 1.54) is 39.2 Å². The number of rotatable bonds is 6. The van der Waals surface area contributed by atoms with Gasteiger partial charge in [-0.15, -0.1) is 0 Å². The van der Waals surface area contributed by atoms with Crippen LogP contribution in [-0.4, -0.2) is 47.3 Å². The molecule has 1 heterocycles. The molecule has 1 aromatic carbocycles. The van der Waals surface area contributed by atoms with E-state index < -0.39 is 11.5 Å². The van der Waals surface area contributed by atoms with Crippen molar-refractivity contribution in [3.05, 3.63) is 51.2 Å². The summed E-state index contributed by atoms with van der Waals surface area (Å²) in [5, 5.41) is 8.05. The second-order valence-corrected chi connectivity index (χ2v) is 8.22. The number of nitrogens with one attached hydrogen (secondary N) is 3. The van der Waals surface area contributed by atoms with Crippen LogP contribution in [0.25, 0.3) is 0 Å². The van der Waals surface area contributed by atoms with Gasteiger partial charge in [0.2, 0.25) is 5.95 Å². The van der Waals surface area contributed by atoms with Crippen LogP contribution in [0.5, 0.6) is 0 Å². The van der Waals surface area contributed by atoms with E-state index in [0.29, 0.717) is 5.56 Å². The first kappa shape index (κ1) is 24.7. The van der Waals surface area contributed by atoms with Crippen LogP contribution in [-0.2, 0) is 13.6 Å². The number of H-pyrrole nitrogens is 1. The molecule has 1 aliphatic carbocycles. The third-order valence-electron chi connectivity index (χ3n) is 5.76. The summed E-state index contributed by atoms with van der Waals surface area (Å²) < 4.78 is 14.7. The summed E-state index contributed by atoms with van der Waals surface area (Å²) in [4.78, 5) is 26.1. The standard InChI is InChI=1S/C15H19FN4O2.C8H17N/c1-4-17-12-7-5-6-10(9(12)2)14(21)18-8-11-13(16)20(3)19-15(11)22;1-9(2)8-6-4-3-5-7-8/h5-7,17H,4,8H2,1-3H3,(H,18,21)(H,19,22);8H,3-7H2,1-2H3. The van der Waals surface area contributed by atoms with Crippen LogP contribution in [0.4, 0.5) is 10.1 Å². The predicted molar refractivity (Wildman–Crippen MR) is 123 cm³/mol. The van der Waals surface area contributed by atoms with Gasteiger partial charge in [-0.25, -0.2) is 0 Å². The van der Waals surface area contributed by atoms with Crippen LogP contribution in [0.15, 0.2) is 23.0 Å². The molecule has 31 heavy (non-hydrogen) atoms. The minimum Gasteiger partial charge on any atom is -0.385 e. The highest BCUT2D eigenvalue weighted by molar-refractivity contribution is 5.97. The molecule has 3 N–H and O–H groups in total. The summed E-state index contributed by atoms with van der Waals surface area (Å²) in [5.74, 6) is -1.02. The number of carbonyl (C=O) groups excluding carboxylic acids is 1. The zero-order chi connectivity index (χ0) is 23.0. The molecule has 1 aromatic heterocycles. The molecule has 1 fully saturated rings. The van der Waals surface area contributed by atoms with Crippen LogP contribution >= 0.6 is 0 Å². The lowest BCUT2D eigenvalue weighted by molar-refractivity contribution is 0.0950. The highest BCUT2D eigenvalue weighted by Gasteiger charge is 2.16. The van der Waals surface area contributed by atoms with Gasteiger partial charge in [-0.05, 0) is 58.5 Å². The number of aryl methyl sites for hydroxylation is 1. The van der Waals surface area contributed by atoms with Gasteiger partial charge in [0.05, 0.1) is 12.1 Å². The normalized spacial score (nSPS) is 14.2. The minimum absolute atomic E-state index is 0.0867. The van der Waals surface area contributed by atoms with Crippen molar-refractivity contribution in [3.63, 3.8) is 0 Å². The molecule has 0 unspecified atom stereocenters. The van der Waals surface area contributed by atoms with Crippen LogP contribution in [0.2, 0.25) is 0 Å². The quantitative estimate of drug-likeness (QED) is 0.652. The lowest BCUT2D eigenvalue weighted by Gasteiger charge is -2.27. The van der Waals surface area contributed by atoms with Crippen molar-refractivity contribution in [2.75, 3.05) is 26.0 Å². The predicted octanol–water partition coefficient (Wildman–Crippen LogP) is 3.40. The van der Waals surface area contributed by atoms with Gasteiger partial charge in [-0.2, -0.15) is 4.39 Å².